The smallest absolute Gasteiger partial charge is 0.139 e. The first-order valence-corrected chi connectivity index (χ1v) is 6.48. The summed E-state index contributed by atoms with van der Waals surface area (Å²) in [6.45, 7) is 5.39. The summed E-state index contributed by atoms with van der Waals surface area (Å²) in [4.78, 5) is 10.9. The molecule has 0 aliphatic heterocycles. The number of rotatable bonds is 3. The minimum Gasteiger partial charge on any atom is -0.359 e. The molecule has 90 valence electrons. The Morgan fingerprint density at radius 1 is 1.29 bits per heavy atom. The van der Waals surface area contributed by atoms with Gasteiger partial charge in [0.15, 0.2) is 0 Å². The summed E-state index contributed by atoms with van der Waals surface area (Å²) >= 11 is 3.49. The normalized spacial score (nSPS) is 11.1. The summed E-state index contributed by atoms with van der Waals surface area (Å²) in [7, 11) is 2.07. The van der Waals surface area contributed by atoms with Crippen LogP contribution < -0.4 is 4.90 Å². The van der Waals surface area contributed by atoms with Gasteiger partial charge in [-0.3, -0.25) is 0 Å². The van der Waals surface area contributed by atoms with Gasteiger partial charge in [-0.15, -0.1) is 0 Å². The second-order valence-electron chi connectivity index (χ2n) is 4.63. The van der Waals surface area contributed by atoms with Gasteiger partial charge in [0.2, 0.25) is 0 Å². The molecule has 4 heteroatoms. The Morgan fingerprint density at radius 2 is 2.06 bits per heavy atom. The molecule has 0 bridgehead atoms. The fraction of sp³-hybridized carbons (Fsp3) is 0.385. The van der Waals surface area contributed by atoms with Crippen LogP contribution >= 0.6 is 15.9 Å². The van der Waals surface area contributed by atoms with E-state index in [0.29, 0.717) is 5.92 Å². The lowest BCUT2D eigenvalue weighted by molar-refractivity contribution is 0.635. The predicted octanol–water partition coefficient (Wildman–Crippen LogP) is 3.48. The molecule has 2 rings (SSSR count). The van der Waals surface area contributed by atoms with Crippen LogP contribution in [0, 0.1) is 5.92 Å². The quantitative estimate of drug-likeness (QED) is 0.867. The highest BCUT2D eigenvalue weighted by Gasteiger charge is 2.09. The largest absolute Gasteiger partial charge is 0.359 e. The second kappa shape index (κ2) is 5.00. The first kappa shape index (κ1) is 12.3. The number of aromatic nitrogens is 2. The summed E-state index contributed by atoms with van der Waals surface area (Å²) < 4.78 is 1.05. The summed E-state index contributed by atoms with van der Waals surface area (Å²) in [5.41, 5.74) is 0.980. The van der Waals surface area contributed by atoms with Gasteiger partial charge in [0.25, 0.3) is 0 Å². The van der Waals surface area contributed by atoms with Crippen molar-refractivity contribution in [3.8, 4) is 0 Å². The van der Waals surface area contributed by atoms with E-state index < -0.39 is 0 Å². The van der Waals surface area contributed by atoms with Crippen molar-refractivity contribution in [2.24, 2.45) is 5.92 Å². The van der Waals surface area contributed by atoms with Crippen LogP contribution in [-0.2, 0) is 0 Å². The maximum atomic E-state index is 4.39. The van der Waals surface area contributed by atoms with Crippen molar-refractivity contribution in [2.75, 3.05) is 18.5 Å². The zero-order chi connectivity index (χ0) is 12.4. The van der Waals surface area contributed by atoms with Gasteiger partial charge in [-0.05, 0) is 24.1 Å². The number of nitrogens with zero attached hydrogens (tertiary/aromatic N) is 3. The molecule has 1 heterocycles. The molecule has 0 unspecified atom stereocenters. The molecule has 0 spiro atoms. The van der Waals surface area contributed by atoms with Gasteiger partial charge >= 0.3 is 0 Å². The maximum absolute atomic E-state index is 4.39. The van der Waals surface area contributed by atoms with Crippen LogP contribution in [0.3, 0.4) is 0 Å². The summed E-state index contributed by atoms with van der Waals surface area (Å²) in [5, 5.41) is 1.09. The van der Waals surface area contributed by atoms with Crippen molar-refractivity contribution in [1.29, 1.82) is 0 Å². The Bertz CT molecular complexity index is 525. The van der Waals surface area contributed by atoms with Gasteiger partial charge in [-0.2, -0.15) is 0 Å². The number of halogens is 1. The van der Waals surface area contributed by atoms with Crippen LogP contribution in [0.15, 0.2) is 29.0 Å². The molecule has 0 saturated carbocycles. The molecule has 1 aromatic heterocycles. The van der Waals surface area contributed by atoms with Crippen molar-refractivity contribution in [1.82, 2.24) is 9.97 Å². The Hall–Kier alpha value is -1.16. The summed E-state index contributed by atoms with van der Waals surface area (Å²) in [6.07, 6.45) is 1.63. The van der Waals surface area contributed by atoms with E-state index in [1.165, 1.54) is 0 Å². The Labute approximate surface area is 110 Å². The zero-order valence-corrected chi connectivity index (χ0v) is 11.9. The van der Waals surface area contributed by atoms with Gasteiger partial charge in [0, 0.05) is 23.5 Å². The molecule has 17 heavy (non-hydrogen) atoms. The molecule has 2 aromatic rings. The molecule has 1 aromatic carbocycles. The van der Waals surface area contributed by atoms with Crippen LogP contribution in [-0.4, -0.2) is 23.6 Å². The van der Waals surface area contributed by atoms with E-state index in [1.54, 1.807) is 6.33 Å². The van der Waals surface area contributed by atoms with Crippen molar-refractivity contribution in [2.45, 2.75) is 13.8 Å². The van der Waals surface area contributed by atoms with Crippen LogP contribution in [0.2, 0.25) is 0 Å². The fourth-order valence-electron chi connectivity index (χ4n) is 1.95. The lowest BCUT2D eigenvalue weighted by Gasteiger charge is -2.21. The Morgan fingerprint density at radius 3 is 2.76 bits per heavy atom. The van der Waals surface area contributed by atoms with Gasteiger partial charge in [0.05, 0.1) is 5.52 Å². The van der Waals surface area contributed by atoms with Crippen molar-refractivity contribution < 1.29 is 0 Å². The molecule has 0 N–H and O–H groups in total. The average Bonchev–Trinajstić information content (AvgIpc) is 2.27. The van der Waals surface area contributed by atoms with E-state index in [2.05, 4.69) is 57.8 Å². The molecule has 0 atom stereocenters. The van der Waals surface area contributed by atoms with Crippen LogP contribution in [0.25, 0.3) is 10.9 Å². The van der Waals surface area contributed by atoms with E-state index >= 15 is 0 Å². The molecule has 3 nitrogen and oxygen atoms in total. The molecule has 0 aliphatic carbocycles. The third kappa shape index (κ3) is 2.75. The van der Waals surface area contributed by atoms with E-state index in [9.17, 15) is 0 Å². The lowest BCUT2D eigenvalue weighted by atomic mass is 10.2. The van der Waals surface area contributed by atoms with Crippen molar-refractivity contribution in [3.63, 3.8) is 0 Å². The van der Waals surface area contributed by atoms with Gasteiger partial charge in [-0.1, -0.05) is 29.8 Å². The van der Waals surface area contributed by atoms with Crippen molar-refractivity contribution in [3.05, 3.63) is 29.0 Å². The second-order valence-corrected chi connectivity index (χ2v) is 5.55. The topological polar surface area (TPSA) is 29.0 Å². The zero-order valence-electron chi connectivity index (χ0n) is 10.3. The average molecular weight is 294 g/mol. The summed E-state index contributed by atoms with van der Waals surface area (Å²) in [5.74, 6) is 1.60. The number of hydrogen-bond acceptors (Lipinski definition) is 3. The first-order chi connectivity index (χ1) is 8.08. The third-order valence-electron chi connectivity index (χ3n) is 2.58. The minimum absolute atomic E-state index is 0.608. The van der Waals surface area contributed by atoms with Crippen LogP contribution in [0.4, 0.5) is 5.82 Å². The van der Waals surface area contributed by atoms with Gasteiger partial charge in [-0.25, -0.2) is 9.97 Å². The highest BCUT2D eigenvalue weighted by Crippen LogP contribution is 2.25. The molecular formula is C13H16BrN3. The van der Waals surface area contributed by atoms with Crippen LogP contribution in [0.5, 0.6) is 0 Å². The Balaban J connectivity index is 2.49. The van der Waals surface area contributed by atoms with Gasteiger partial charge in [0.1, 0.15) is 12.1 Å². The monoisotopic (exact) mass is 293 g/mol. The molecule has 0 radical (unpaired) electrons. The third-order valence-corrected chi connectivity index (χ3v) is 3.07. The maximum Gasteiger partial charge on any atom is 0.139 e. The van der Waals surface area contributed by atoms with E-state index in [4.69, 9.17) is 0 Å². The molecular weight excluding hydrogens is 278 g/mol. The minimum atomic E-state index is 0.608. The van der Waals surface area contributed by atoms with E-state index in [-0.39, 0.29) is 0 Å². The van der Waals surface area contributed by atoms with Gasteiger partial charge < -0.3 is 4.90 Å². The summed E-state index contributed by atoms with van der Waals surface area (Å²) in [6, 6.07) is 6.08. The highest BCUT2D eigenvalue weighted by atomic mass is 79.9. The number of benzene rings is 1. The van der Waals surface area contributed by atoms with Crippen molar-refractivity contribution >= 4 is 32.7 Å². The SMILES string of the molecule is CC(C)CN(C)c1ncnc2ccc(Br)cc12. The van der Waals surface area contributed by atoms with Crippen LogP contribution in [0.1, 0.15) is 13.8 Å². The number of fused-ring (bicyclic) bond motifs is 1. The first-order valence-electron chi connectivity index (χ1n) is 5.69. The molecule has 0 fully saturated rings. The fourth-order valence-corrected chi connectivity index (χ4v) is 2.31. The number of hydrogen-bond donors (Lipinski definition) is 0. The molecule has 0 amide bonds. The Kier molecular flexibility index (Phi) is 3.62. The van der Waals surface area contributed by atoms with E-state index in [1.807, 2.05) is 12.1 Å². The van der Waals surface area contributed by atoms with E-state index in [0.717, 1.165) is 27.7 Å². The highest BCUT2D eigenvalue weighted by molar-refractivity contribution is 9.10. The standard InChI is InChI=1S/C13H16BrN3/c1-9(2)7-17(3)13-11-6-10(14)4-5-12(11)15-8-16-13/h4-6,8-9H,7H2,1-3H3. The molecule has 0 aliphatic rings. The number of anilines is 1. The lowest BCUT2D eigenvalue weighted by Crippen LogP contribution is -2.23. The predicted molar refractivity (Wildman–Crippen MR) is 75.3 cm³/mol. The molecule has 0 saturated heterocycles.